The van der Waals surface area contributed by atoms with Gasteiger partial charge in [-0.25, -0.2) is 0 Å². The molecule has 0 fully saturated rings. The molecule has 0 aromatic heterocycles. The summed E-state index contributed by atoms with van der Waals surface area (Å²) >= 11 is 14.6. The highest BCUT2D eigenvalue weighted by atomic mass is 36.0. The molecule has 5 heteroatoms. The largest absolute Gasteiger partial charge is 0.307 e. The quantitative estimate of drug-likeness (QED) is 0.507. The minimum absolute atomic E-state index is 1.20. The van der Waals surface area contributed by atoms with Crippen LogP contribution in [0.5, 0.6) is 0 Å². The number of hydrogen-bond donors (Lipinski definition) is 0. The molecule has 0 aliphatic carbocycles. The third kappa shape index (κ3) is 83.3. The van der Waals surface area contributed by atoms with Crippen molar-refractivity contribution in [3.63, 3.8) is 0 Å². The highest BCUT2D eigenvalue weighted by Gasteiger charge is 1.80. The maximum Gasteiger partial charge on any atom is 0.179 e. The molecule has 38 valence electrons. The zero-order valence-corrected chi connectivity index (χ0v) is 5.86. The average Bonchev–Trinajstić information content (AvgIpc) is 1.41. The molecular formula is CH2Cl3OP. The van der Waals surface area contributed by atoms with Crippen LogP contribution in [0, 0.1) is 0 Å². The third-order valence-corrected chi connectivity index (χ3v) is 0. The third-order valence-electron chi connectivity index (χ3n) is 0. The first kappa shape index (κ1) is 10.1. The zero-order chi connectivity index (χ0) is 5.58. The summed E-state index contributed by atoms with van der Waals surface area (Å²) in [5, 5.41) is 0. The molecular weight excluding hydrogens is 165 g/mol. The molecule has 0 rings (SSSR count). The van der Waals surface area contributed by atoms with Crippen LogP contribution >= 0.6 is 39.7 Å². The van der Waals surface area contributed by atoms with Crippen LogP contribution in [0.1, 0.15) is 0 Å². The van der Waals surface area contributed by atoms with Gasteiger partial charge in [0.05, 0.1) is 0 Å². The fourth-order valence-corrected chi connectivity index (χ4v) is 0. The lowest BCUT2D eigenvalue weighted by Crippen LogP contribution is -0.958. The molecule has 0 aliphatic rings. The van der Waals surface area contributed by atoms with E-state index < -0.39 is 5.98 Å². The summed E-state index contributed by atoms with van der Waals surface area (Å²) in [6, 6.07) is 0. The van der Waals surface area contributed by atoms with Gasteiger partial charge in [-0.2, -0.15) is 0 Å². The Kier molecular flexibility index (Phi) is 15.7. The van der Waals surface area contributed by atoms with Crippen molar-refractivity contribution in [1.82, 2.24) is 0 Å². The van der Waals surface area contributed by atoms with Crippen molar-refractivity contribution in [3.05, 3.63) is 0 Å². The Morgan fingerprint density at radius 2 is 1.17 bits per heavy atom. The highest BCUT2D eigenvalue weighted by molar-refractivity contribution is 8.20. The van der Waals surface area contributed by atoms with Crippen LogP contribution in [0.25, 0.3) is 0 Å². The topological polar surface area (TPSA) is 17.1 Å². The second-order valence-electron chi connectivity index (χ2n) is 0.192. The first-order chi connectivity index (χ1) is 2.73. The van der Waals surface area contributed by atoms with Gasteiger partial charge in [-0.3, -0.25) is 0 Å². The highest BCUT2D eigenvalue weighted by Crippen LogP contribution is 2.51. The molecule has 6 heavy (non-hydrogen) atoms. The van der Waals surface area contributed by atoms with E-state index in [1.54, 1.807) is 0 Å². The van der Waals surface area contributed by atoms with Crippen LogP contribution in [0.3, 0.4) is 0 Å². The summed E-state index contributed by atoms with van der Waals surface area (Å²) in [5.41, 5.74) is 0. The molecule has 1 nitrogen and oxygen atoms in total. The van der Waals surface area contributed by atoms with Crippen molar-refractivity contribution in [2.45, 2.75) is 0 Å². The van der Waals surface area contributed by atoms with Gasteiger partial charge in [0.25, 0.3) is 0 Å². The van der Waals surface area contributed by atoms with E-state index in [1.807, 2.05) is 6.79 Å². The lowest BCUT2D eigenvalue weighted by molar-refractivity contribution is -0.0979. The second-order valence-corrected chi connectivity index (χ2v) is 5.17. The summed E-state index contributed by atoms with van der Waals surface area (Å²) in [6.07, 6.45) is 0. The predicted octanol–water partition coefficient (Wildman–Crippen LogP) is 2.74. The van der Waals surface area contributed by atoms with Crippen LogP contribution < -0.4 is 0 Å². The maximum absolute atomic E-state index is 8.00. The van der Waals surface area contributed by atoms with Gasteiger partial charge in [0, 0.05) is 0 Å². The van der Waals surface area contributed by atoms with Gasteiger partial charge >= 0.3 is 0 Å². The molecule has 0 aliphatic heterocycles. The molecule has 0 N–H and O–H groups in total. The van der Waals surface area contributed by atoms with Crippen molar-refractivity contribution in [1.29, 1.82) is 0 Å². The van der Waals surface area contributed by atoms with Crippen LogP contribution in [-0.2, 0) is 4.79 Å². The van der Waals surface area contributed by atoms with E-state index in [4.69, 9.17) is 38.5 Å². The molecule has 0 spiro atoms. The Bertz CT molecular complexity index is 22.0. The van der Waals surface area contributed by atoms with Gasteiger partial charge in [-0.15, -0.1) is 0 Å². The maximum atomic E-state index is 8.00. The van der Waals surface area contributed by atoms with Crippen molar-refractivity contribution in [2.75, 3.05) is 0 Å². The summed E-state index contributed by atoms with van der Waals surface area (Å²) in [6.45, 7) is 2.00. The average molecular weight is 167 g/mol. The molecule has 0 radical (unpaired) electrons. The Hall–Kier alpha value is 0.970. The number of carbonyl (C=O) groups is 1. The molecule has 0 amide bonds. The smallest absolute Gasteiger partial charge is 0.179 e. The molecule has 0 unspecified atom stereocenters. The van der Waals surface area contributed by atoms with E-state index in [1.165, 1.54) is 0 Å². The van der Waals surface area contributed by atoms with Crippen LogP contribution in [0.4, 0.5) is 0 Å². The summed E-state index contributed by atoms with van der Waals surface area (Å²) in [4.78, 5) is 8.00. The normalized spacial score (nSPS) is 6.67. The van der Waals surface area contributed by atoms with Crippen molar-refractivity contribution < 1.29 is 4.79 Å². The molecule has 0 saturated carbocycles. The SMILES string of the molecule is C=O.ClP(Cl)Cl. The van der Waals surface area contributed by atoms with Crippen molar-refractivity contribution in [2.24, 2.45) is 0 Å². The van der Waals surface area contributed by atoms with E-state index in [0.29, 0.717) is 0 Å². The van der Waals surface area contributed by atoms with Gasteiger partial charge in [-0.1, -0.05) is 33.7 Å². The van der Waals surface area contributed by atoms with Crippen LogP contribution in [-0.4, -0.2) is 6.79 Å². The Balaban J connectivity index is 0. The van der Waals surface area contributed by atoms with E-state index in [-0.39, 0.29) is 0 Å². The van der Waals surface area contributed by atoms with E-state index in [0.717, 1.165) is 0 Å². The van der Waals surface area contributed by atoms with Gasteiger partial charge in [-0.05, 0) is 0 Å². The molecule has 0 saturated heterocycles. The zero-order valence-electron chi connectivity index (χ0n) is 2.70. The van der Waals surface area contributed by atoms with Crippen LogP contribution in [0.2, 0.25) is 0 Å². The first-order valence-corrected chi connectivity index (χ1v) is 4.85. The second kappa shape index (κ2) is 9.36. The Morgan fingerprint density at radius 3 is 1.17 bits per heavy atom. The monoisotopic (exact) mass is 166 g/mol. The van der Waals surface area contributed by atoms with Gasteiger partial charge in [0.1, 0.15) is 6.79 Å². The minimum Gasteiger partial charge on any atom is -0.307 e. The first-order valence-electron chi connectivity index (χ1n) is 0.796. The molecule has 0 bridgehead atoms. The van der Waals surface area contributed by atoms with E-state index in [9.17, 15) is 0 Å². The number of carbonyl (C=O) groups excluding carboxylic acids is 1. The Labute approximate surface area is 51.7 Å². The van der Waals surface area contributed by atoms with Crippen molar-refractivity contribution in [3.8, 4) is 0 Å². The summed E-state index contributed by atoms with van der Waals surface area (Å²) < 4.78 is 0. The standard InChI is InChI=1S/CH2O.Cl3P/c1-2;1-4(2)3/h1H2;. The van der Waals surface area contributed by atoms with Gasteiger partial charge in [0.15, 0.2) is 5.98 Å². The number of rotatable bonds is 0. The van der Waals surface area contributed by atoms with Gasteiger partial charge < -0.3 is 4.79 Å². The molecule has 0 heterocycles. The van der Waals surface area contributed by atoms with Crippen LogP contribution in [0.15, 0.2) is 0 Å². The molecule has 0 atom stereocenters. The number of halogens is 3. The summed E-state index contributed by atoms with van der Waals surface area (Å²) in [7, 11) is 0. The number of hydrogen-bond acceptors (Lipinski definition) is 1. The van der Waals surface area contributed by atoms with E-state index in [2.05, 4.69) is 0 Å². The Morgan fingerprint density at radius 1 is 1.17 bits per heavy atom. The van der Waals surface area contributed by atoms with Crippen molar-refractivity contribution >= 4 is 46.5 Å². The lowest BCUT2D eigenvalue weighted by Gasteiger charge is -1.68. The molecule has 0 aromatic rings. The fraction of sp³-hybridized carbons (Fsp3) is 0. The lowest BCUT2D eigenvalue weighted by atomic mass is 11.9. The van der Waals surface area contributed by atoms with Gasteiger partial charge in [0.2, 0.25) is 0 Å². The summed E-state index contributed by atoms with van der Waals surface area (Å²) in [5.74, 6) is -1.20. The fourth-order valence-electron chi connectivity index (χ4n) is 0. The predicted molar refractivity (Wildman–Crippen MR) is 31.6 cm³/mol. The van der Waals surface area contributed by atoms with E-state index >= 15 is 0 Å². The minimum atomic E-state index is -1.20. The molecule has 0 aromatic carbocycles.